The number of nitrogens with one attached hydrogen (secondary N) is 2. The number of anilines is 2. The highest BCUT2D eigenvalue weighted by atomic mass is 35.5. The number of amides is 1. The summed E-state index contributed by atoms with van der Waals surface area (Å²) in [5.41, 5.74) is 1.93. The number of carbonyl (C=O) groups is 1. The third-order valence-electron chi connectivity index (χ3n) is 4.16. The van der Waals surface area contributed by atoms with Gasteiger partial charge in [0.05, 0.1) is 10.6 Å². The summed E-state index contributed by atoms with van der Waals surface area (Å²) in [5.74, 6) is 0.794. The number of aromatic nitrogens is 2. The summed E-state index contributed by atoms with van der Waals surface area (Å²) in [6.45, 7) is 0.839. The molecule has 1 aliphatic carbocycles. The van der Waals surface area contributed by atoms with Crippen LogP contribution < -0.4 is 10.6 Å². The van der Waals surface area contributed by atoms with Crippen LogP contribution in [0.1, 0.15) is 42.5 Å². The fourth-order valence-electron chi connectivity index (χ4n) is 2.81. The van der Waals surface area contributed by atoms with Gasteiger partial charge in [-0.25, -0.2) is 0 Å². The highest BCUT2D eigenvalue weighted by Gasteiger charge is 2.10. The second kappa shape index (κ2) is 8.62. The molecule has 0 unspecified atom stereocenters. The van der Waals surface area contributed by atoms with Crippen LogP contribution in [0.2, 0.25) is 5.02 Å². The smallest absolute Gasteiger partial charge is 0.258 e. The molecular weight excluding hydrogens is 336 g/mol. The van der Waals surface area contributed by atoms with Crippen molar-refractivity contribution in [3.8, 4) is 0 Å². The van der Waals surface area contributed by atoms with Gasteiger partial charge in [0.2, 0.25) is 0 Å². The predicted octanol–water partition coefficient (Wildman–Crippen LogP) is 4.68. The van der Waals surface area contributed by atoms with Crippen LogP contribution in [0.3, 0.4) is 0 Å². The molecular formula is C19H21ClN4O. The number of hydrogen-bond donors (Lipinski definition) is 2. The van der Waals surface area contributed by atoms with E-state index in [4.69, 9.17) is 11.6 Å². The molecule has 25 heavy (non-hydrogen) atoms. The number of benzene rings is 1. The maximum atomic E-state index is 12.2. The zero-order chi connectivity index (χ0) is 17.5. The van der Waals surface area contributed by atoms with E-state index in [1.54, 1.807) is 30.3 Å². The molecule has 0 bridgehead atoms. The zero-order valence-electron chi connectivity index (χ0n) is 14.0. The standard InChI is InChI=1S/C19H21ClN4O/c20-16-9-5-4-8-15(16)19(25)22-18-11-10-17(23-24-18)21-13-12-14-6-2-1-3-7-14/h4-6,8-11H,1-3,7,12-13H2,(H,21,23)(H,22,24,25). The van der Waals surface area contributed by atoms with E-state index in [1.165, 1.54) is 31.3 Å². The lowest BCUT2D eigenvalue weighted by Gasteiger charge is -2.13. The average molecular weight is 357 g/mol. The van der Waals surface area contributed by atoms with Crippen LogP contribution in [0.4, 0.5) is 11.6 Å². The van der Waals surface area contributed by atoms with Crippen molar-refractivity contribution >= 4 is 29.1 Å². The summed E-state index contributed by atoms with van der Waals surface area (Å²) in [6.07, 6.45) is 8.40. The predicted molar refractivity (Wildman–Crippen MR) is 101 cm³/mol. The summed E-state index contributed by atoms with van der Waals surface area (Å²) in [4.78, 5) is 12.2. The Morgan fingerprint density at radius 1 is 1.08 bits per heavy atom. The van der Waals surface area contributed by atoms with Gasteiger partial charge in [0.15, 0.2) is 5.82 Å². The highest BCUT2D eigenvalue weighted by Crippen LogP contribution is 2.20. The minimum Gasteiger partial charge on any atom is -0.368 e. The molecule has 0 saturated carbocycles. The topological polar surface area (TPSA) is 66.9 Å². The van der Waals surface area contributed by atoms with Crippen LogP contribution in [0, 0.1) is 0 Å². The van der Waals surface area contributed by atoms with E-state index in [2.05, 4.69) is 26.9 Å². The minimum atomic E-state index is -0.301. The molecule has 1 aromatic heterocycles. The van der Waals surface area contributed by atoms with Crippen LogP contribution in [-0.4, -0.2) is 22.6 Å². The Labute approximate surface area is 152 Å². The SMILES string of the molecule is O=C(Nc1ccc(NCCC2=CCCCC2)nn1)c1ccccc1Cl. The molecule has 0 saturated heterocycles. The molecule has 3 rings (SSSR count). The largest absolute Gasteiger partial charge is 0.368 e. The monoisotopic (exact) mass is 356 g/mol. The Bertz CT molecular complexity index is 758. The van der Waals surface area contributed by atoms with E-state index in [0.717, 1.165) is 13.0 Å². The van der Waals surface area contributed by atoms with Crippen molar-refractivity contribution in [2.24, 2.45) is 0 Å². The number of halogens is 1. The third kappa shape index (κ3) is 5.03. The van der Waals surface area contributed by atoms with E-state index in [0.29, 0.717) is 22.2 Å². The number of rotatable bonds is 6. The first-order valence-electron chi connectivity index (χ1n) is 8.54. The van der Waals surface area contributed by atoms with E-state index < -0.39 is 0 Å². The van der Waals surface area contributed by atoms with Crippen LogP contribution >= 0.6 is 11.6 Å². The molecule has 6 heteroatoms. The molecule has 0 radical (unpaired) electrons. The minimum absolute atomic E-state index is 0.301. The van der Waals surface area contributed by atoms with Crippen LogP contribution in [0.25, 0.3) is 0 Å². The maximum absolute atomic E-state index is 12.2. The van der Waals surface area contributed by atoms with Crippen molar-refractivity contribution < 1.29 is 4.79 Å². The Balaban J connectivity index is 1.51. The number of allylic oxidation sites excluding steroid dienone is 1. The zero-order valence-corrected chi connectivity index (χ0v) is 14.7. The van der Waals surface area contributed by atoms with Crippen molar-refractivity contribution in [2.75, 3.05) is 17.2 Å². The molecule has 1 heterocycles. The molecule has 0 aliphatic heterocycles. The molecule has 1 aromatic carbocycles. The normalized spacial score (nSPS) is 13.9. The summed E-state index contributed by atoms with van der Waals surface area (Å²) in [6, 6.07) is 10.4. The fourth-order valence-corrected chi connectivity index (χ4v) is 3.03. The Morgan fingerprint density at radius 3 is 2.60 bits per heavy atom. The second-order valence-electron chi connectivity index (χ2n) is 6.02. The van der Waals surface area contributed by atoms with Crippen molar-refractivity contribution in [1.82, 2.24) is 10.2 Å². The molecule has 0 fully saturated rings. The Morgan fingerprint density at radius 2 is 1.88 bits per heavy atom. The number of hydrogen-bond acceptors (Lipinski definition) is 4. The molecule has 130 valence electrons. The van der Waals surface area contributed by atoms with Gasteiger partial charge in [-0.05, 0) is 56.4 Å². The summed E-state index contributed by atoms with van der Waals surface area (Å²) in [5, 5.41) is 14.5. The quantitative estimate of drug-likeness (QED) is 0.737. The van der Waals surface area contributed by atoms with E-state index in [-0.39, 0.29) is 5.91 Å². The Hall–Kier alpha value is -2.40. The molecule has 0 spiro atoms. The highest BCUT2D eigenvalue weighted by molar-refractivity contribution is 6.34. The third-order valence-corrected chi connectivity index (χ3v) is 4.49. The van der Waals surface area contributed by atoms with Gasteiger partial charge in [-0.2, -0.15) is 0 Å². The van der Waals surface area contributed by atoms with Crippen molar-refractivity contribution in [3.05, 3.63) is 58.6 Å². The fraction of sp³-hybridized carbons (Fsp3) is 0.316. The van der Waals surface area contributed by atoms with Gasteiger partial charge in [-0.15, -0.1) is 10.2 Å². The van der Waals surface area contributed by atoms with Crippen molar-refractivity contribution in [3.63, 3.8) is 0 Å². The molecule has 2 aromatic rings. The first-order chi connectivity index (χ1) is 12.2. The first-order valence-corrected chi connectivity index (χ1v) is 8.91. The molecule has 1 amide bonds. The summed E-state index contributed by atoms with van der Waals surface area (Å²) < 4.78 is 0. The van der Waals surface area contributed by atoms with Gasteiger partial charge < -0.3 is 10.6 Å². The van der Waals surface area contributed by atoms with Crippen molar-refractivity contribution in [1.29, 1.82) is 0 Å². The van der Waals surface area contributed by atoms with Crippen LogP contribution in [0.15, 0.2) is 48.0 Å². The lowest BCUT2D eigenvalue weighted by molar-refractivity contribution is 0.102. The summed E-state index contributed by atoms with van der Waals surface area (Å²) >= 11 is 6.02. The van der Waals surface area contributed by atoms with Gasteiger partial charge in [0, 0.05) is 6.54 Å². The maximum Gasteiger partial charge on any atom is 0.258 e. The number of nitrogens with zero attached hydrogens (tertiary/aromatic N) is 2. The van der Waals surface area contributed by atoms with E-state index in [9.17, 15) is 4.79 Å². The molecule has 1 aliphatic rings. The molecule has 0 atom stereocenters. The van der Waals surface area contributed by atoms with Gasteiger partial charge in [0.25, 0.3) is 5.91 Å². The lowest BCUT2D eigenvalue weighted by atomic mass is 9.97. The Kier molecular flexibility index (Phi) is 6.01. The van der Waals surface area contributed by atoms with Crippen LogP contribution in [0.5, 0.6) is 0 Å². The average Bonchev–Trinajstić information content (AvgIpc) is 2.64. The lowest BCUT2D eigenvalue weighted by Crippen LogP contribution is -2.14. The van der Waals surface area contributed by atoms with Gasteiger partial charge >= 0.3 is 0 Å². The number of carbonyl (C=O) groups excluding carboxylic acids is 1. The van der Waals surface area contributed by atoms with E-state index in [1.807, 2.05) is 6.07 Å². The van der Waals surface area contributed by atoms with Gasteiger partial charge in [0.1, 0.15) is 5.82 Å². The first kappa shape index (κ1) is 17.4. The van der Waals surface area contributed by atoms with Gasteiger partial charge in [-0.3, -0.25) is 4.79 Å². The molecule has 5 nitrogen and oxygen atoms in total. The summed E-state index contributed by atoms with van der Waals surface area (Å²) in [7, 11) is 0. The van der Waals surface area contributed by atoms with Crippen LogP contribution in [-0.2, 0) is 0 Å². The van der Waals surface area contributed by atoms with Gasteiger partial charge in [-0.1, -0.05) is 35.4 Å². The van der Waals surface area contributed by atoms with Crippen molar-refractivity contribution in [2.45, 2.75) is 32.1 Å². The molecule has 2 N–H and O–H groups in total. The second-order valence-corrected chi connectivity index (χ2v) is 6.43. The van der Waals surface area contributed by atoms with E-state index >= 15 is 0 Å².